The molecule has 0 saturated heterocycles. The van der Waals surface area contributed by atoms with Gasteiger partial charge < -0.3 is 5.73 Å². The van der Waals surface area contributed by atoms with Crippen LogP contribution in [0.15, 0.2) is 0 Å². The fraction of sp³-hybridized carbons (Fsp3) is 0.875. The molecule has 64 valence electrons. The molecule has 0 aromatic rings. The Morgan fingerprint density at radius 3 is 2.09 bits per heavy atom. The van der Waals surface area contributed by atoms with Crippen LogP contribution in [-0.2, 0) is 0 Å². The van der Waals surface area contributed by atoms with E-state index in [9.17, 15) is 0 Å². The lowest BCUT2D eigenvalue weighted by Gasteiger charge is -2.22. The summed E-state index contributed by atoms with van der Waals surface area (Å²) < 4.78 is 0.192. The minimum Gasteiger partial charge on any atom is -0.313 e. The fourth-order valence-electron chi connectivity index (χ4n) is 0.399. The van der Waals surface area contributed by atoms with Gasteiger partial charge in [-0.1, -0.05) is 20.8 Å². The van der Waals surface area contributed by atoms with Crippen LogP contribution in [0.4, 0.5) is 0 Å². The van der Waals surface area contributed by atoms with Crippen molar-refractivity contribution in [3.05, 3.63) is 0 Å². The Bertz CT molecular complexity index is 162. The highest BCUT2D eigenvalue weighted by Gasteiger charge is 2.21. The van der Waals surface area contributed by atoms with Crippen LogP contribution in [0, 0.1) is 11.3 Å². The molecule has 1 atom stereocenters. The molecule has 0 saturated carbocycles. The van der Waals surface area contributed by atoms with Gasteiger partial charge >= 0.3 is 0 Å². The largest absolute Gasteiger partial charge is 0.313 e. The van der Waals surface area contributed by atoms with E-state index in [0.717, 1.165) is 0 Å². The quantitative estimate of drug-likeness (QED) is 0.690. The van der Waals surface area contributed by atoms with Crippen molar-refractivity contribution in [3.63, 3.8) is 0 Å². The number of nitriles is 1. The molecule has 0 radical (unpaired) electrons. The predicted octanol–water partition coefficient (Wildman–Crippen LogP) is 1.76. The first-order valence-corrected chi connectivity index (χ1v) is 4.59. The molecule has 0 fully saturated rings. The molecule has 0 bridgehead atoms. The molecule has 0 aliphatic carbocycles. The maximum Gasteiger partial charge on any atom is 0.110 e. The molecule has 0 aliphatic heterocycles. The van der Waals surface area contributed by atoms with Gasteiger partial charge in [-0.15, -0.1) is 0 Å². The Morgan fingerprint density at radius 1 is 1.36 bits per heavy atom. The highest BCUT2D eigenvalue weighted by Crippen LogP contribution is 2.25. The standard InChI is InChI=1S/C8H16N2S/c1-7(2,3)11-6-8(4,10)5-9/h6,10H2,1-4H3. The third-order valence-electron chi connectivity index (χ3n) is 1.06. The molecular formula is C8H16N2S. The van der Waals surface area contributed by atoms with Gasteiger partial charge in [0.05, 0.1) is 6.07 Å². The van der Waals surface area contributed by atoms with Crippen LogP contribution < -0.4 is 5.73 Å². The van der Waals surface area contributed by atoms with E-state index in [1.807, 2.05) is 0 Å². The monoisotopic (exact) mass is 172 g/mol. The van der Waals surface area contributed by atoms with Crippen molar-refractivity contribution < 1.29 is 0 Å². The number of rotatable bonds is 2. The molecule has 0 spiro atoms. The van der Waals surface area contributed by atoms with Crippen molar-refractivity contribution in [1.29, 1.82) is 5.26 Å². The summed E-state index contributed by atoms with van der Waals surface area (Å²) in [4.78, 5) is 0. The highest BCUT2D eigenvalue weighted by atomic mass is 32.2. The summed E-state index contributed by atoms with van der Waals surface area (Å²) in [6.45, 7) is 8.10. The van der Waals surface area contributed by atoms with Gasteiger partial charge in [0, 0.05) is 10.5 Å². The molecule has 0 heterocycles. The topological polar surface area (TPSA) is 49.8 Å². The Morgan fingerprint density at radius 2 is 1.82 bits per heavy atom. The van der Waals surface area contributed by atoms with Crippen LogP contribution in [0.5, 0.6) is 0 Å². The van der Waals surface area contributed by atoms with Crippen LogP contribution in [-0.4, -0.2) is 16.0 Å². The molecule has 2 N–H and O–H groups in total. The second kappa shape index (κ2) is 3.46. The normalized spacial score (nSPS) is 17.1. The minimum atomic E-state index is -0.683. The van der Waals surface area contributed by atoms with Crippen LogP contribution in [0.25, 0.3) is 0 Å². The van der Waals surface area contributed by atoms with E-state index in [0.29, 0.717) is 5.75 Å². The van der Waals surface area contributed by atoms with Crippen LogP contribution >= 0.6 is 11.8 Å². The molecule has 0 aromatic heterocycles. The van der Waals surface area contributed by atoms with Gasteiger partial charge in [0.25, 0.3) is 0 Å². The Labute approximate surface area is 73.1 Å². The molecule has 0 aliphatic rings. The first-order chi connectivity index (χ1) is 4.77. The lowest BCUT2D eigenvalue weighted by molar-refractivity contribution is 0.674. The van der Waals surface area contributed by atoms with E-state index in [2.05, 4.69) is 26.8 Å². The number of thioether (sulfide) groups is 1. The third-order valence-corrected chi connectivity index (χ3v) is 2.67. The van der Waals surface area contributed by atoms with Crippen LogP contribution in [0.2, 0.25) is 0 Å². The average molecular weight is 172 g/mol. The number of nitrogens with zero attached hydrogens (tertiary/aromatic N) is 1. The second-order valence-corrected chi connectivity index (χ2v) is 5.73. The van der Waals surface area contributed by atoms with Gasteiger partial charge in [-0.2, -0.15) is 17.0 Å². The predicted molar refractivity (Wildman–Crippen MR) is 50.4 cm³/mol. The summed E-state index contributed by atoms with van der Waals surface area (Å²) in [5.74, 6) is 0.688. The first-order valence-electron chi connectivity index (χ1n) is 3.61. The number of nitrogens with two attached hydrogens (primary N) is 1. The van der Waals surface area contributed by atoms with Crippen molar-refractivity contribution in [2.75, 3.05) is 5.75 Å². The van der Waals surface area contributed by atoms with Gasteiger partial charge in [0.15, 0.2) is 0 Å². The molecule has 3 heteroatoms. The maximum atomic E-state index is 8.60. The average Bonchev–Trinajstić information content (AvgIpc) is 1.83. The minimum absolute atomic E-state index is 0.192. The van der Waals surface area contributed by atoms with E-state index in [4.69, 9.17) is 11.0 Å². The first kappa shape index (κ1) is 10.8. The van der Waals surface area contributed by atoms with Crippen molar-refractivity contribution in [3.8, 4) is 6.07 Å². The van der Waals surface area contributed by atoms with Crippen LogP contribution in [0.1, 0.15) is 27.7 Å². The zero-order valence-electron chi connectivity index (χ0n) is 7.64. The van der Waals surface area contributed by atoms with E-state index >= 15 is 0 Å². The molecule has 11 heavy (non-hydrogen) atoms. The molecule has 2 nitrogen and oxygen atoms in total. The number of hydrogen-bond acceptors (Lipinski definition) is 3. The maximum absolute atomic E-state index is 8.60. The smallest absolute Gasteiger partial charge is 0.110 e. The summed E-state index contributed by atoms with van der Waals surface area (Å²) in [7, 11) is 0. The SMILES string of the molecule is CC(N)(C#N)CSC(C)(C)C. The molecule has 0 amide bonds. The fourth-order valence-corrected chi connectivity index (χ4v) is 1.20. The van der Waals surface area contributed by atoms with Gasteiger partial charge in [0.1, 0.15) is 5.54 Å². The van der Waals surface area contributed by atoms with Crippen molar-refractivity contribution in [2.24, 2.45) is 5.73 Å². The van der Waals surface area contributed by atoms with E-state index < -0.39 is 5.54 Å². The lowest BCUT2D eigenvalue weighted by atomic mass is 10.1. The lowest BCUT2D eigenvalue weighted by Crippen LogP contribution is -2.38. The van der Waals surface area contributed by atoms with E-state index in [1.165, 1.54) is 0 Å². The summed E-state index contributed by atoms with van der Waals surface area (Å²) >= 11 is 1.72. The molecule has 0 rings (SSSR count). The van der Waals surface area contributed by atoms with E-state index in [-0.39, 0.29) is 4.75 Å². The molecular weight excluding hydrogens is 156 g/mol. The summed E-state index contributed by atoms with van der Waals surface area (Å²) in [6.07, 6.45) is 0. The van der Waals surface area contributed by atoms with Gasteiger partial charge in [-0.25, -0.2) is 0 Å². The van der Waals surface area contributed by atoms with Gasteiger partial charge in [0.2, 0.25) is 0 Å². The van der Waals surface area contributed by atoms with Gasteiger partial charge in [-0.05, 0) is 6.92 Å². The Kier molecular flexibility index (Phi) is 3.40. The zero-order valence-corrected chi connectivity index (χ0v) is 8.46. The molecule has 0 aromatic carbocycles. The van der Waals surface area contributed by atoms with Crippen molar-refractivity contribution >= 4 is 11.8 Å². The third kappa shape index (κ3) is 6.21. The summed E-state index contributed by atoms with van der Waals surface area (Å²) in [6, 6.07) is 2.07. The highest BCUT2D eigenvalue weighted by molar-refractivity contribution is 8.00. The molecule has 1 unspecified atom stereocenters. The van der Waals surface area contributed by atoms with E-state index in [1.54, 1.807) is 18.7 Å². The Hall–Kier alpha value is -0.200. The summed E-state index contributed by atoms with van der Waals surface area (Å²) in [5, 5.41) is 8.60. The van der Waals surface area contributed by atoms with Crippen molar-refractivity contribution in [1.82, 2.24) is 0 Å². The second-order valence-electron chi connectivity index (χ2n) is 3.93. The van der Waals surface area contributed by atoms with Gasteiger partial charge in [-0.3, -0.25) is 0 Å². The summed E-state index contributed by atoms with van der Waals surface area (Å²) in [5.41, 5.74) is 4.96. The van der Waals surface area contributed by atoms with Crippen molar-refractivity contribution in [2.45, 2.75) is 38.0 Å². The van der Waals surface area contributed by atoms with Crippen LogP contribution in [0.3, 0.4) is 0 Å². The number of hydrogen-bond donors (Lipinski definition) is 1. The Balaban J connectivity index is 3.83. The zero-order chi connectivity index (χ0) is 9.12.